The molecule has 0 aliphatic carbocycles. The minimum absolute atomic E-state index is 0.00400. The Morgan fingerprint density at radius 2 is 1.52 bits per heavy atom. The number of nitrogens with one attached hydrogen (secondary N) is 1. The van der Waals surface area contributed by atoms with Crippen LogP contribution in [0.15, 0.2) is 10.9 Å². The lowest BCUT2D eigenvalue weighted by Gasteiger charge is -2.45. The van der Waals surface area contributed by atoms with Crippen LogP contribution in [0.1, 0.15) is 41.5 Å². The number of H-pyrrole nitrogens is 1. The summed E-state index contributed by atoms with van der Waals surface area (Å²) in [5, 5.41) is 29.3. The van der Waals surface area contributed by atoms with Crippen molar-refractivity contribution in [3.63, 3.8) is 0 Å². The first kappa shape index (κ1) is 16.9. The summed E-state index contributed by atoms with van der Waals surface area (Å²) in [7, 11) is 0. The van der Waals surface area contributed by atoms with E-state index in [1.807, 2.05) is 46.4 Å². The fourth-order valence-electron chi connectivity index (χ4n) is 2.97. The molecule has 0 unspecified atom stereocenters. The van der Waals surface area contributed by atoms with Gasteiger partial charge < -0.3 is 20.2 Å². The van der Waals surface area contributed by atoms with Crippen molar-refractivity contribution >= 4 is 16.9 Å². The van der Waals surface area contributed by atoms with Crippen LogP contribution in [0.2, 0.25) is 0 Å². The normalized spacial score (nSPS) is 12.6. The van der Waals surface area contributed by atoms with Gasteiger partial charge in [0.05, 0.1) is 5.39 Å². The van der Waals surface area contributed by atoms with Gasteiger partial charge >= 0.3 is 0 Å². The van der Waals surface area contributed by atoms with Crippen molar-refractivity contribution in [1.82, 2.24) is 9.97 Å². The molecule has 0 amide bonds. The molecule has 2 rings (SSSR count). The van der Waals surface area contributed by atoms with E-state index >= 15 is 0 Å². The fourth-order valence-corrected chi connectivity index (χ4v) is 2.97. The third kappa shape index (κ3) is 2.91. The van der Waals surface area contributed by atoms with Gasteiger partial charge in [-0.2, -0.15) is 0 Å². The molecular formula is C16H23N3O4. The predicted molar refractivity (Wildman–Crippen MR) is 89.3 cm³/mol. The molecule has 7 heteroatoms. The SMILES string of the molecule is CC(C)(C)N(c1nc2c(O)c(O)c(O)cc2c(=O)[nH]1)C(C)(C)C. The number of rotatable bonds is 1. The first-order valence-electron chi connectivity index (χ1n) is 7.32. The Hall–Kier alpha value is -2.44. The number of benzene rings is 1. The molecule has 0 aliphatic rings. The molecule has 0 saturated carbocycles. The van der Waals surface area contributed by atoms with Crippen molar-refractivity contribution in [2.75, 3.05) is 4.90 Å². The first-order chi connectivity index (χ1) is 10.3. The molecule has 4 N–H and O–H groups in total. The monoisotopic (exact) mass is 321 g/mol. The van der Waals surface area contributed by atoms with E-state index in [-0.39, 0.29) is 27.9 Å². The lowest BCUT2D eigenvalue weighted by molar-refractivity contribution is 0.368. The van der Waals surface area contributed by atoms with Gasteiger partial charge in [0.15, 0.2) is 11.5 Å². The minimum Gasteiger partial charge on any atom is -0.504 e. The first-order valence-corrected chi connectivity index (χ1v) is 7.32. The zero-order valence-electron chi connectivity index (χ0n) is 14.2. The van der Waals surface area contributed by atoms with E-state index in [0.717, 1.165) is 6.07 Å². The smallest absolute Gasteiger partial charge is 0.260 e. The maximum atomic E-state index is 12.3. The zero-order chi connectivity index (χ0) is 17.7. The summed E-state index contributed by atoms with van der Waals surface area (Å²) in [6.45, 7) is 11.9. The number of hydrogen-bond acceptors (Lipinski definition) is 6. The van der Waals surface area contributed by atoms with Gasteiger partial charge in [-0.15, -0.1) is 0 Å². The summed E-state index contributed by atoms with van der Waals surface area (Å²) in [6, 6.07) is 1.08. The number of phenolic OH excluding ortho intramolecular Hbond substituents is 3. The third-order valence-corrected chi connectivity index (χ3v) is 3.47. The molecule has 7 nitrogen and oxygen atoms in total. The van der Waals surface area contributed by atoms with Crippen molar-refractivity contribution < 1.29 is 15.3 Å². The Balaban J connectivity index is 2.84. The third-order valence-electron chi connectivity index (χ3n) is 3.47. The molecule has 1 heterocycles. The van der Waals surface area contributed by atoms with E-state index in [1.165, 1.54) is 0 Å². The maximum Gasteiger partial charge on any atom is 0.260 e. The molecule has 0 radical (unpaired) electrons. The molecule has 1 aromatic carbocycles. The van der Waals surface area contributed by atoms with E-state index in [0.29, 0.717) is 0 Å². The molecule has 23 heavy (non-hydrogen) atoms. The molecular weight excluding hydrogens is 298 g/mol. The number of aromatic nitrogens is 2. The second kappa shape index (κ2) is 5.04. The zero-order valence-corrected chi connectivity index (χ0v) is 14.2. The van der Waals surface area contributed by atoms with Crippen LogP contribution in [-0.4, -0.2) is 36.4 Å². The van der Waals surface area contributed by atoms with Crippen LogP contribution in [0, 0.1) is 0 Å². The quantitative estimate of drug-likeness (QED) is 0.601. The molecule has 0 aliphatic heterocycles. The van der Waals surface area contributed by atoms with Gasteiger partial charge in [-0.25, -0.2) is 4.98 Å². The van der Waals surface area contributed by atoms with E-state index < -0.39 is 22.8 Å². The molecule has 0 atom stereocenters. The minimum atomic E-state index is -0.695. The molecule has 1 aromatic heterocycles. The number of aromatic hydroxyl groups is 3. The summed E-state index contributed by atoms with van der Waals surface area (Å²) in [5.41, 5.74) is -1.26. The van der Waals surface area contributed by atoms with Gasteiger partial charge in [0.2, 0.25) is 11.7 Å². The highest BCUT2D eigenvalue weighted by Crippen LogP contribution is 2.40. The lowest BCUT2D eigenvalue weighted by atomic mass is 9.97. The standard InChI is InChI=1S/C16H23N3O4/c1-15(2,3)19(16(4,5)6)14-17-10-8(13(23)18-14)7-9(20)11(21)12(10)22/h7,20-22H,1-6H3,(H,17,18,23). The molecule has 0 fully saturated rings. The van der Waals surface area contributed by atoms with Crippen LogP contribution in [-0.2, 0) is 0 Å². The van der Waals surface area contributed by atoms with E-state index in [9.17, 15) is 20.1 Å². The fraction of sp³-hybridized carbons (Fsp3) is 0.500. The van der Waals surface area contributed by atoms with Gasteiger partial charge in [-0.3, -0.25) is 9.78 Å². The largest absolute Gasteiger partial charge is 0.504 e. The lowest BCUT2D eigenvalue weighted by Crippen LogP contribution is -2.54. The predicted octanol–water partition coefficient (Wildman–Crippen LogP) is 2.44. The Morgan fingerprint density at radius 3 is 2.00 bits per heavy atom. The Labute approximate surface area is 134 Å². The summed E-state index contributed by atoms with van der Waals surface area (Å²) in [5.74, 6) is -1.60. The molecule has 0 bridgehead atoms. The van der Waals surface area contributed by atoms with E-state index in [4.69, 9.17) is 0 Å². The van der Waals surface area contributed by atoms with Crippen LogP contribution in [0.5, 0.6) is 17.2 Å². The van der Waals surface area contributed by atoms with Crippen molar-refractivity contribution in [1.29, 1.82) is 0 Å². The second-order valence-corrected chi connectivity index (χ2v) is 7.56. The highest BCUT2D eigenvalue weighted by Gasteiger charge is 2.34. The van der Waals surface area contributed by atoms with Gasteiger partial charge in [0.1, 0.15) is 5.52 Å². The van der Waals surface area contributed by atoms with Crippen molar-refractivity contribution in [2.45, 2.75) is 52.6 Å². The maximum absolute atomic E-state index is 12.3. The molecule has 0 saturated heterocycles. The molecule has 2 aromatic rings. The number of phenols is 3. The van der Waals surface area contributed by atoms with Crippen LogP contribution in [0.25, 0.3) is 10.9 Å². The second-order valence-electron chi connectivity index (χ2n) is 7.56. The van der Waals surface area contributed by atoms with Crippen molar-refractivity contribution in [3.8, 4) is 17.2 Å². The van der Waals surface area contributed by atoms with Crippen LogP contribution in [0.4, 0.5) is 5.95 Å². The van der Waals surface area contributed by atoms with Crippen molar-refractivity contribution in [3.05, 3.63) is 16.4 Å². The van der Waals surface area contributed by atoms with Crippen LogP contribution in [0.3, 0.4) is 0 Å². The number of fused-ring (bicyclic) bond motifs is 1. The topological polar surface area (TPSA) is 110 Å². The highest BCUT2D eigenvalue weighted by atomic mass is 16.3. The number of nitrogens with zero attached hydrogens (tertiary/aromatic N) is 2. The summed E-state index contributed by atoms with van der Waals surface area (Å²) in [4.78, 5) is 21.3. The van der Waals surface area contributed by atoms with Gasteiger partial charge in [0, 0.05) is 11.1 Å². The van der Waals surface area contributed by atoms with Gasteiger partial charge in [0.25, 0.3) is 5.56 Å². The number of aromatic amines is 1. The van der Waals surface area contributed by atoms with E-state index in [1.54, 1.807) is 0 Å². The van der Waals surface area contributed by atoms with Crippen LogP contribution < -0.4 is 10.5 Å². The number of hydrogen-bond donors (Lipinski definition) is 4. The highest BCUT2D eigenvalue weighted by molar-refractivity contribution is 5.89. The average Bonchev–Trinajstić information content (AvgIpc) is 2.34. The van der Waals surface area contributed by atoms with Crippen LogP contribution >= 0.6 is 0 Å². The van der Waals surface area contributed by atoms with Gasteiger partial charge in [-0.1, -0.05) is 0 Å². The summed E-state index contributed by atoms with van der Waals surface area (Å²) >= 11 is 0. The molecule has 0 spiro atoms. The Bertz CT molecular complexity index is 799. The Kier molecular flexibility index (Phi) is 3.71. The summed E-state index contributed by atoms with van der Waals surface area (Å²) < 4.78 is 0. The van der Waals surface area contributed by atoms with Crippen molar-refractivity contribution in [2.24, 2.45) is 0 Å². The van der Waals surface area contributed by atoms with E-state index in [2.05, 4.69) is 9.97 Å². The van der Waals surface area contributed by atoms with Gasteiger partial charge in [-0.05, 0) is 47.6 Å². The molecule has 126 valence electrons. The Morgan fingerprint density at radius 1 is 1.00 bits per heavy atom. The number of anilines is 1. The summed E-state index contributed by atoms with van der Waals surface area (Å²) in [6.07, 6.45) is 0. The average molecular weight is 321 g/mol.